The second-order valence-corrected chi connectivity index (χ2v) is 4.29. The van der Waals surface area contributed by atoms with Crippen molar-refractivity contribution >= 4 is 15.9 Å². The van der Waals surface area contributed by atoms with Crippen molar-refractivity contribution in [3.63, 3.8) is 0 Å². The lowest BCUT2D eigenvalue weighted by molar-refractivity contribution is 0.301. The number of rotatable bonds is 3. The highest BCUT2D eigenvalue weighted by molar-refractivity contribution is 9.10. The van der Waals surface area contributed by atoms with Crippen LogP contribution in [0.3, 0.4) is 0 Å². The summed E-state index contributed by atoms with van der Waals surface area (Å²) in [5.41, 5.74) is 0. The maximum Gasteiger partial charge on any atom is 0.123 e. The Labute approximate surface area is 86.7 Å². The highest BCUT2D eigenvalue weighted by Gasteiger charge is 2.23. The Morgan fingerprint density at radius 1 is 1.69 bits per heavy atom. The molecule has 1 aromatic rings. The minimum absolute atomic E-state index is 0.681. The largest absolute Gasteiger partial charge is 0.319 e. The van der Waals surface area contributed by atoms with Crippen LogP contribution in [0.15, 0.2) is 10.8 Å². The minimum atomic E-state index is 0.681. The van der Waals surface area contributed by atoms with Crippen LogP contribution in [0.4, 0.5) is 0 Å². The predicted octanol–water partition coefficient (Wildman–Crippen LogP) is 2.09. The lowest BCUT2D eigenvalue weighted by atomic mass is 9.93. The zero-order chi connectivity index (χ0) is 9.26. The van der Waals surface area contributed by atoms with E-state index < -0.39 is 0 Å². The van der Waals surface area contributed by atoms with Crippen molar-refractivity contribution < 1.29 is 0 Å². The molecule has 1 heterocycles. The van der Waals surface area contributed by atoms with Gasteiger partial charge in [0, 0.05) is 6.04 Å². The van der Waals surface area contributed by atoms with Crippen molar-refractivity contribution in [2.45, 2.75) is 31.8 Å². The van der Waals surface area contributed by atoms with E-state index in [0.29, 0.717) is 6.04 Å². The van der Waals surface area contributed by atoms with Crippen molar-refractivity contribution in [2.24, 2.45) is 0 Å². The number of nitrogens with one attached hydrogen (secondary N) is 1. The Balaban J connectivity index is 2.23. The topological polar surface area (TPSA) is 29.9 Å². The molecule has 1 saturated carbocycles. The molecule has 1 fully saturated rings. The molecule has 1 aromatic heterocycles. The van der Waals surface area contributed by atoms with Gasteiger partial charge < -0.3 is 9.88 Å². The molecule has 0 bridgehead atoms. The third kappa shape index (κ3) is 1.65. The second kappa shape index (κ2) is 3.80. The van der Waals surface area contributed by atoms with Gasteiger partial charge in [0.1, 0.15) is 10.4 Å². The molecule has 1 N–H and O–H groups in total. The number of halogens is 1. The lowest BCUT2D eigenvalue weighted by Crippen LogP contribution is -2.21. The van der Waals surface area contributed by atoms with Gasteiger partial charge in [-0.3, -0.25) is 0 Å². The number of imidazole rings is 1. The van der Waals surface area contributed by atoms with Gasteiger partial charge >= 0.3 is 0 Å². The maximum atomic E-state index is 4.36. The molecule has 0 unspecified atom stereocenters. The van der Waals surface area contributed by atoms with Crippen molar-refractivity contribution in [2.75, 3.05) is 7.05 Å². The van der Waals surface area contributed by atoms with Crippen LogP contribution in [0.25, 0.3) is 0 Å². The fraction of sp³-hybridized carbons (Fsp3) is 0.667. The normalized spacial score (nSPS) is 17.4. The van der Waals surface area contributed by atoms with Gasteiger partial charge in [-0.15, -0.1) is 0 Å². The molecular formula is C9H14BrN3. The summed E-state index contributed by atoms with van der Waals surface area (Å²) < 4.78 is 3.42. The second-order valence-electron chi connectivity index (χ2n) is 3.48. The van der Waals surface area contributed by atoms with Crippen molar-refractivity contribution in [1.82, 2.24) is 14.9 Å². The zero-order valence-corrected chi connectivity index (χ0v) is 9.34. The molecule has 1 aliphatic rings. The summed E-state index contributed by atoms with van der Waals surface area (Å²) >= 11 is 3.54. The number of hydrogen-bond acceptors (Lipinski definition) is 2. The van der Waals surface area contributed by atoms with Gasteiger partial charge in [0.05, 0.1) is 12.7 Å². The first-order valence-corrected chi connectivity index (χ1v) is 5.48. The van der Waals surface area contributed by atoms with Gasteiger partial charge in [0.15, 0.2) is 0 Å². The first-order chi connectivity index (χ1) is 6.33. The summed E-state index contributed by atoms with van der Waals surface area (Å²) in [4.78, 5) is 4.36. The Kier molecular flexibility index (Phi) is 2.69. The Morgan fingerprint density at radius 3 is 3.00 bits per heavy atom. The zero-order valence-electron chi connectivity index (χ0n) is 7.76. The van der Waals surface area contributed by atoms with E-state index in [9.17, 15) is 0 Å². The fourth-order valence-corrected chi connectivity index (χ4v) is 2.29. The van der Waals surface area contributed by atoms with Crippen LogP contribution < -0.4 is 5.32 Å². The molecule has 0 spiro atoms. The summed E-state index contributed by atoms with van der Waals surface area (Å²) in [7, 11) is 1.95. The molecule has 0 saturated heterocycles. The van der Waals surface area contributed by atoms with Crippen LogP contribution in [-0.4, -0.2) is 16.6 Å². The van der Waals surface area contributed by atoms with Gasteiger partial charge in [-0.1, -0.05) is 0 Å². The predicted molar refractivity (Wildman–Crippen MR) is 55.6 cm³/mol. The molecule has 2 rings (SSSR count). The lowest BCUT2D eigenvalue weighted by Gasteiger charge is -2.29. The molecule has 0 aromatic carbocycles. The molecule has 3 nitrogen and oxygen atoms in total. The maximum absolute atomic E-state index is 4.36. The van der Waals surface area contributed by atoms with Crippen LogP contribution in [0, 0.1) is 0 Å². The van der Waals surface area contributed by atoms with E-state index in [2.05, 4.69) is 30.8 Å². The monoisotopic (exact) mass is 243 g/mol. The summed E-state index contributed by atoms with van der Waals surface area (Å²) in [6, 6.07) is 0.681. The Morgan fingerprint density at radius 2 is 2.46 bits per heavy atom. The minimum Gasteiger partial charge on any atom is -0.319 e. The van der Waals surface area contributed by atoms with Crippen LogP contribution in [0.2, 0.25) is 0 Å². The first kappa shape index (κ1) is 9.21. The third-order valence-electron chi connectivity index (χ3n) is 2.60. The summed E-state index contributed by atoms with van der Waals surface area (Å²) in [6.07, 6.45) is 5.84. The van der Waals surface area contributed by atoms with Gasteiger partial charge in [-0.2, -0.15) is 0 Å². The van der Waals surface area contributed by atoms with Crippen LogP contribution in [0.1, 0.15) is 31.1 Å². The summed E-state index contributed by atoms with van der Waals surface area (Å²) in [5, 5.41) is 3.14. The smallest absolute Gasteiger partial charge is 0.123 e. The molecule has 0 atom stereocenters. The van der Waals surface area contributed by atoms with Gasteiger partial charge in [-0.25, -0.2) is 4.98 Å². The van der Waals surface area contributed by atoms with Crippen LogP contribution >= 0.6 is 15.9 Å². The molecule has 0 radical (unpaired) electrons. The molecular weight excluding hydrogens is 230 g/mol. The fourth-order valence-electron chi connectivity index (χ4n) is 1.69. The highest BCUT2D eigenvalue weighted by atomic mass is 79.9. The molecule has 13 heavy (non-hydrogen) atoms. The summed E-state index contributed by atoms with van der Waals surface area (Å²) in [6.45, 7) is 0.849. The van der Waals surface area contributed by atoms with E-state index in [1.165, 1.54) is 19.3 Å². The average Bonchev–Trinajstić information content (AvgIpc) is 2.34. The average molecular weight is 244 g/mol. The standard InChI is InChI=1S/C9H14BrN3/c1-11-6-9-12-5-8(10)13(9)7-3-2-4-7/h5,7,11H,2-4,6H2,1H3. The number of nitrogens with zero attached hydrogens (tertiary/aromatic N) is 2. The van der Waals surface area contributed by atoms with E-state index in [4.69, 9.17) is 0 Å². The van der Waals surface area contributed by atoms with Gasteiger partial charge in [0.2, 0.25) is 0 Å². The van der Waals surface area contributed by atoms with E-state index in [1.54, 1.807) is 0 Å². The Bertz CT molecular complexity index is 291. The molecule has 1 aliphatic carbocycles. The molecule has 0 amide bonds. The van der Waals surface area contributed by atoms with Crippen LogP contribution in [0.5, 0.6) is 0 Å². The van der Waals surface area contributed by atoms with Crippen LogP contribution in [-0.2, 0) is 6.54 Å². The quantitative estimate of drug-likeness (QED) is 0.882. The van der Waals surface area contributed by atoms with Gasteiger partial charge in [0.25, 0.3) is 0 Å². The van der Waals surface area contributed by atoms with E-state index >= 15 is 0 Å². The summed E-state index contributed by atoms with van der Waals surface area (Å²) in [5.74, 6) is 1.14. The van der Waals surface area contributed by atoms with E-state index in [0.717, 1.165) is 17.0 Å². The number of aromatic nitrogens is 2. The third-order valence-corrected chi connectivity index (χ3v) is 3.19. The Hall–Kier alpha value is -0.350. The first-order valence-electron chi connectivity index (χ1n) is 4.69. The molecule has 0 aliphatic heterocycles. The number of hydrogen-bond donors (Lipinski definition) is 1. The van der Waals surface area contributed by atoms with Crippen molar-refractivity contribution in [3.8, 4) is 0 Å². The SMILES string of the molecule is CNCc1ncc(Br)n1C1CCC1. The molecule has 72 valence electrons. The highest BCUT2D eigenvalue weighted by Crippen LogP contribution is 2.35. The van der Waals surface area contributed by atoms with Crippen molar-refractivity contribution in [3.05, 3.63) is 16.6 Å². The molecule has 4 heteroatoms. The van der Waals surface area contributed by atoms with Gasteiger partial charge in [-0.05, 0) is 42.2 Å². The van der Waals surface area contributed by atoms with E-state index in [-0.39, 0.29) is 0 Å². The van der Waals surface area contributed by atoms with Crippen molar-refractivity contribution in [1.29, 1.82) is 0 Å². The van der Waals surface area contributed by atoms with E-state index in [1.807, 2.05) is 13.2 Å².